The van der Waals surface area contributed by atoms with Crippen LogP contribution in [0.5, 0.6) is 0 Å². The minimum absolute atomic E-state index is 0.163. The lowest BCUT2D eigenvalue weighted by Crippen LogP contribution is -2.09. The normalized spacial score (nSPS) is 15.1. The van der Waals surface area contributed by atoms with E-state index in [2.05, 4.69) is 112 Å². The summed E-state index contributed by atoms with van der Waals surface area (Å²) in [6.45, 7) is 9.34. The Balaban J connectivity index is 1.43. The molecule has 0 unspecified atom stereocenters. The van der Waals surface area contributed by atoms with Gasteiger partial charge in [-0.15, -0.1) is 0 Å². The molecule has 0 fully saturated rings. The topological polar surface area (TPSA) is 0 Å². The van der Waals surface area contributed by atoms with Crippen molar-refractivity contribution in [1.29, 1.82) is 0 Å². The van der Waals surface area contributed by atoms with Gasteiger partial charge in [-0.2, -0.15) is 0 Å². The van der Waals surface area contributed by atoms with Crippen LogP contribution in [0.4, 0.5) is 0 Å². The molecule has 0 aromatic heterocycles. The molecule has 1 aliphatic carbocycles. The summed E-state index contributed by atoms with van der Waals surface area (Å²) in [5.74, 6) is 6.98. The summed E-state index contributed by atoms with van der Waals surface area (Å²) < 4.78 is 0. The third-order valence-corrected chi connectivity index (χ3v) is 6.92. The molecule has 0 radical (unpaired) electrons. The van der Waals surface area contributed by atoms with E-state index in [4.69, 9.17) is 0 Å². The first-order chi connectivity index (χ1) is 14.8. The second-order valence-corrected chi connectivity index (χ2v) is 11.3. The maximum atomic E-state index is 3.49. The van der Waals surface area contributed by atoms with Gasteiger partial charge in [-0.3, -0.25) is 0 Å². The maximum Gasteiger partial charge on any atom is 0.0323 e. The van der Waals surface area contributed by atoms with Crippen LogP contribution in [0, 0.1) is 22.7 Å². The van der Waals surface area contributed by atoms with Crippen LogP contribution in [0.1, 0.15) is 57.2 Å². The lowest BCUT2D eigenvalue weighted by atomic mass is 9.86. The number of hydrogen-bond acceptors (Lipinski definition) is 1. The third-order valence-electron chi connectivity index (χ3n) is 6.04. The van der Waals surface area contributed by atoms with Crippen LogP contribution in [0.15, 0.2) is 77.0 Å². The number of benzene rings is 3. The molecule has 0 N–H and O–H groups in total. The number of hydrogen-bond donors (Lipinski definition) is 0. The lowest BCUT2D eigenvalue weighted by molar-refractivity contribution is 0.383. The van der Waals surface area contributed by atoms with Crippen LogP contribution in [0.25, 0.3) is 10.8 Å². The summed E-state index contributed by atoms with van der Waals surface area (Å²) in [6, 6.07) is 21.8. The van der Waals surface area contributed by atoms with E-state index in [9.17, 15) is 0 Å². The molecule has 0 spiro atoms. The number of rotatable bonds is 5. The minimum atomic E-state index is 0.163. The first-order valence-corrected chi connectivity index (χ1v) is 12.1. The van der Waals surface area contributed by atoms with Gasteiger partial charge in [0.1, 0.15) is 0 Å². The van der Waals surface area contributed by atoms with Gasteiger partial charge < -0.3 is 0 Å². The molecule has 158 valence electrons. The van der Waals surface area contributed by atoms with Crippen molar-refractivity contribution in [2.45, 2.75) is 58.3 Å². The Labute approximate surface area is 192 Å². The number of fused-ring (bicyclic) bond motifs is 2. The largest absolute Gasteiger partial charge is 0.0984 e. The van der Waals surface area contributed by atoms with E-state index in [1.165, 1.54) is 39.6 Å². The minimum Gasteiger partial charge on any atom is -0.0984 e. The zero-order valence-corrected chi connectivity index (χ0v) is 20.0. The zero-order chi connectivity index (χ0) is 21.9. The summed E-state index contributed by atoms with van der Waals surface area (Å²) in [6.07, 6.45) is 6.54. The Morgan fingerprint density at radius 2 is 1.71 bits per heavy atom. The summed E-state index contributed by atoms with van der Waals surface area (Å²) in [5.41, 5.74) is 4.73. The molecular formula is C30H32S. The molecule has 4 rings (SSSR count). The highest BCUT2D eigenvalue weighted by Crippen LogP contribution is 2.38. The molecular weight excluding hydrogens is 392 g/mol. The molecule has 1 aliphatic rings. The number of allylic oxidation sites excluding steroid dienone is 1. The predicted molar refractivity (Wildman–Crippen MR) is 136 cm³/mol. The van der Waals surface area contributed by atoms with Gasteiger partial charge in [-0.05, 0) is 81.7 Å². The van der Waals surface area contributed by atoms with Crippen LogP contribution >= 0.6 is 11.8 Å². The van der Waals surface area contributed by atoms with Crippen molar-refractivity contribution in [1.82, 2.24) is 0 Å². The first kappa shape index (κ1) is 21.8. The fourth-order valence-corrected chi connectivity index (χ4v) is 5.06. The van der Waals surface area contributed by atoms with Gasteiger partial charge in [0, 0.05) is 16.9 Å². The SMILES string of the molecule is CC(C)(CC#Cc1cccc2cc3c(cc12)CC(C)(C)C3)CC=CSc1ccccc1. The summed E-state index contributed by atoms with van der Waals surface area (Å²) in [4.78, 5) is 1.28. The molecule has 0 saturated heterocycles. The summed E-state index contributed by atoms with van der Waals surface area (Å²) in [7, 11) is 0. The van der Waals surface area contributed by atoms with Gasteiger partial charge in [-0.1, -0.05) is 93.8 Å². The fourth-order valence-electron chi connectivity index (χ4n) is 4.39. The van der Waals surface area contributed by atoms with E-state index in [0.717, 1.165) is 18.4 Å². The van der Waals surface area contributed by atoms with Gasteiger partial charge in [-0.25, -0.2) is 0 Å². The highest BCUT2D eigenvalue weighted by atomic mass is 32.2. The van der Waals surface area contributed by atoms with Crippen LogP contribution in [-0.4, -0.2) is 0 Å². The molecule has 0 amide bonds. The van der Waals surface area contributed by atoms with Crippen molar-refractivity contribution in [3.63, 3.8) is 0 Å². The monoisotopic (exact) mass is 424 g/mol. The van der Waals surface area contributed by atoms with E-state index < -0.39 is 0 Å². The Morgan fingerprint density at radius 1 is 0.968 bits per heavy atom. The third kappa shape index (κ3) is 5.63. The average molecular weight is 425 g/mol. The van der Waals surface area contributed by atoms with Gasteiger partial charge in [0.2, 0.25) is 0 Å². The molecule has 3 aromatic rings. The first-order valence-electron chi connectivity index (χ1n) is 11.2. The quantitative estimate of drug-likeness (QED) is 0.292. The van der Waals surface area contributed by atoms with E-state index in [1.807, 2.05) is 0 Å². The van der Waals surface area contributed by atoms with Crippen LogP contribution in [0.3, 0.4) is 0 Å². The standard InChI is InChI=1S/C30H32S/c1-29(2,17-10-18-31-27-14-6-5-7-15-27)16-9-13-23-11-8-12-24-19-25-21-30(3,4)22-26(25)20-28(23)24/h5-8,10-12,14-15,18-20H,16-17,21-22H2,1-4H3. The van der Waals surface area contributed by atoms with Gasteiger partial charge in [0.15, 0.2) is 0 Å². The Hall–Kier alpha value is -2.43. The molecule has 0 heterocycles. The van der Waals surface area contributed by atoms with E-state index in [0.29, 0.717) is 5.41 Å². The molecule has 0 atom stereocenters. The second kappa shape index (κ2) is 8.97. The van der Waals surface area contributed by atoms with Gasteiger partial charge in [0.25, 0.3) is 0 Å². The van der Waals surface area contributed by atoms with E-state index in [1.54, 1.807) is 11.8 Å². The second-order valence-electron chi connectivity index (χ2n) is 10.3. The lowest BCUT2D eigenvalue weighted by Gasteiger charge is -2.19. The zero-order valence-electron chi connectivity index (χ0n) is 19.2. The van der Waals surface area contributed by atoms with Gasteiger partial charge in [0.05, 0.1) is 0 Å². The smallest absolute Gasteiger partial charge is 0.0323 e. The number of thioether (sulfide) groups is 1. The van der Waals surface area contributed by atoms with E-state index >= 15 is 0 Å². The molecule has 0 aliphatic heterocycles. The predicted octanol–water partition coefficient (Wildman–Crippen LogP) is 8.43. The van der Waals surface area contributed by atoms with Crippen LogP contribution in [-0.2, 0) is 12.8 Å². The van der Waals surface area contributed by atoms with Crippen molar-refractivity contribution in [3.8, 4) is 11.8 Å². The van der Waals surface area contributed by atoms with Crippen molar-refractivity contribution in [2.75, 3.05) is 0 Å². The molecule has 31 heavy (non-hydrogen) atoms. The molecule has 1 heteroatoms. The van der Waals surface area contributed by atoms with E-state index in [-0.39, 0.29) is 5.41 Å². The summed E-state index contributed by atoms with van der Waals surface area (Å²) >= 11 is 1.78. The Kier molecular flexibility index (Phi) is 6.31. The van der Waals surface area contributed by atoms with Gasteiger partial charge >= 0.3 is 0 Å². The molecule has 0 nitrogen and oxygen atoms in total. The van der Waals surface area contributed by atoms with Crippen LogP contribution < -0.4 is 0 Å². The summed E-state index contributed by atoms with van der Waals surface area (Å²) in [5, 5.41) is 4.84. The van der Waals surface area contributed by atoms with Crippen molar-refractivity contribution in [2.24, 2.45) is 10.8 Å². The molecule has 3 aromatic carbocycles. The van der Waals surface area contributed by atoms with Crippen LogP contribution in [0.2, 0.25) is 0 Å². The Morgan fingerprint density at radius 3 is 2.48 bits per heavy atom. The maximum absolute atomic E-state index is 3.49. The van der Waals surface area contributed by atoms with Crippen molar-refractivity contribution in [3.05, 3.63) is 88.8 Å². The fraction of sp³-hybridized carbons (Fsp3) is 0.333. The molecule has 0 bridgehead atoms. The van der Waals surface area contributed by atoms with Crippen molar-refractivity contribution < 1.29 is 0 Å². The van der Waals surface area contributed by atoms with Crippen molar-refractivity contribution >= 4 is 22.5 Å². The Bertz CT molecular complexity index is 1150. The highest BCUT2D eigenvalue weighted by molar-refractivity contribution is 8.02. The average Bonchev–Trinajstić information content (AvgIpc) is 3.03. The molecule has 0 saturated carbocycles. The highest BCUT2D eigenvalue weighted by Gasteiger charge is 2.28.